The molecule has 0 fully saturated rings. The molecule has 166 valence electrons. The Bertz CT molecular complexity index is 1320. The molecule has 0 unspecified atom stereocenters. The minimum atomic E-state index is -0.466. The maximum atomic E-state index is 13.2. The number of carbonyl (C=O) groups is 1. The van der Waals surface area contributed by atoms with Crippen LogP contribution >= 0.6 is 11.3 Å². The minimum Gasteiger partial charge on any atom is -0.494 e. The minimum absolute atomic E-state index is 0.0329. The number of hydrogen-bond acceptors (Lipinski definition) is 7. The average molecular weight is 461 g/mol. The Morgan fingerprint density at radius 3 is 2.76 bits per heavy atom. The molecule has 0 aliphatic carbocycles. The number of fused-ring (bicyclic) bond motifs is 1. The molecule has 0 aliphatic rings. The van der Waals surface area contributed by atoms with Crippen molar-refractivity contribution in [3.63, 3.8) is 0 Å². The van der Waals surface area contributed by atoms with Gasteiger partial charge in [-0.15, -0.1) is 0 Å². The van der Waals surface area contributed by atoms with E-state index < -0.39 is 4.92 Å². The van der Waals surface area contributed by atoms with Crippen molar-refractivity contribution in [3.8, 4) is 5.75 Å². The number of aromatic nitrogens is 2. The van der Waals surface area contributed by atoms with Gasteiger partial charge < -0.3 is 4.74 Å². The summed E-state index contributed by atoms with van der Waals surface area (Å²) >= 11 is 1.40. The van der Waals surface area contributed by atoms with Gasteiger partial charge in [0.15, 0.2) is 5.13 Å². The predicted molar refractivity (Wildman–Crippen MR) is 128 cm³/mol. The summed E-state index contributed by atoms with van der Waals surface area (Å²) in [6.07, 6.45) is 6.31. The highest BCUT2D eigenvalue weighted by Gasteiger charge is 2.19. The van der Waals surface area contributed by atoms with Crippen LogP contribution in [0.5, 0.6) is 5.75 Å². The highest BCUT2D eigenvalue weighted by atomic mass is 32.1. The molecule has 0 atom stereocenters. The smallest absolute Gasteiger partial charge is 0.270 e. The lowest BCUT2D eigenvalue weighted by Gasteiger charge is -2.18. The van der Waals surface area contributed by atoms with Crippen molar-refractivity contribution in [2.45, 2.75) is 13.5 Å². The number of anilines is 1. The highest BCUT2D eigenvalue weighted by Crippen LogP contribution is 2.32. The number of pyridine rings is 1. The molecule has 2 heterocycles. The summed E-state index contributed by atoms with van der Waals surface area (Å²) in [4.78, 5) is 34.0. The Morgan fingerprint density at radius 1 is 1.18 bits per heavy atom. The number of benzene rings is 2. The zero-order valence-corrected chi connectivity index (χ0v) is 18.6. The molecule has 0 aliphatic heterocycles. The van der Waals surface area contributed by atoms with Gasteiger partial charge in [0.1, 0.15) is 5.75 Å². The molecule has 1 amide bonds. The van der Waals surface area contributed by atoms with Crippen LogP contribution in [0, 0.1) is 10.1 Å². The van der Waals surface area contributed by atoms with Gasteiger partial charge in [0.2, 0.25) is 0 Å². The van der Waals surface area contributed by atoms with Gasteiger partial charge in [-0.25, -0.2) is 4.98 Å². The van der Waals surface area contributed by atoms with E-state index in [0.717, 1.165) is 21.5 Å². The monoisotopic (exact) mass is 460 g/mol. The molecule has 2 aromatic heterocycles. The van der Waals surface area contributed by atoms with Gasteiger partial charge in [0.25, 0.3) is 11.6 Å². The maximum absolute atomic E-state index is 13.2. The lowest BCUT2D eigenvalue weighted by Crippen LogP contribution is -2.28. The Hall–Kier alpha value is -4.11. The fourth-order valence-corrected chi connectivity index (χ4v) is 4.17. The second kappa shape index (κ2) is 10.0. The first-order valence-corrected chi connectivity index (χ1v) is 11.0. The molecule has 0 N–H and O–H groups in total. The van der Waals surface area contributed by atoms with Crippen molar-refractivity contribution in [3.05, 3.63) is 94.3 Å². The third-order valence-corrected chi connectivity index (χ3v) is 5.79. The molecule has 2 aromatic carbocycles. The van der Waals surface area contributed by atoms with E-state index in [9.17, 15) is 14.9 Å². The van der Waals surface area contributed by atoms with E-state index >= 15 is 0 Å². The number of nitrogens with zero attached hydrogens (tertiary/aromatic N) is 4. The van der Waals surface area contributed by atoms with Crippen molar-refractivity contribution in [1.82, 2.24) is 9.97 Å². The number of thiazole rings is 1. The molecular formula is C24H20N4O4S. The van der Waals surface area contributed by atoms with Gasteiger partial charge in [0.05, 0.1) is 28.3 Å². The van der Waals surface area contributed by atoms with E-state index in [1.54, 1.807) is 35.5 Å². The molecule has 33 heavy (non-hydrogen) atoms. The second-order valence-electron chi connectivity index (χ2n) is 7.02. The van der Waals surface area contributed by atoms with Crippen LogP contribution in [0.1, 0.15) is 18.1 Å². The average Bonchev–Trinajstić information content (AvgIpc) is 3.25. The number of nitro groups is 1. The number of carbonyl (C=O) groups excluding carboxylic acids is 1. The van der Waals surface area contributed by atoms with Crippen LogP contribution in [0.4, 0.5) is 10.8 Å². The number of nitro benzene ring substituents is 1. The summed E-state index contributed by atoms with van der Waals surface area (Å²) in [5.41, 5.74) is 2.20. The Kier molecular flexibility index (Phi) is 6.70. The highest BCUT2D eigenvalue weighted by molar-refractivity contribution is 7.22. The molecule has 4 aromatic rings. The van der Waals surface area contributed by atoms with Gasteiger partial charge in [-0.2, -0.15) is 0 Å². The predicted octanol–water partition coefficient (Wildman–Crippen LogP) is 5.24. The molecule has 8 nitrogen and oxygen atoms in total. The lowest BCUT2D eigenvalue weighted by molar-refractivity contribution is -0.384. The third kappa shape index (κ3) is 5.39. The zero-order valence-electron chi connectivity index (χ0n) is 17.7. The lowest BCUT2D eigenvalue weighted by atomic mass is 10.2. The van der Waals surface area contributed by atoms with Crippen molar-refractivity contribution in [2.75, 3.05) is 11.5 Å². The van der Waals surface area contributed by atoms with Crippen LogP contribution in [0.3, 0.4) is 0 Å². The zero-order chi connectivity index (χ0) is 23.2. The largest absolute Gasteiger partial charge is 0.494 e. The summed E-state index contributed by atoms with van der Waals surface area (Å²) in [5.74, 6) is 0.459. The number of amides is 1. The molecule has 4 rings (SSSR count). The van der Waals surface area contributed by atoms with E-state index in [1.165, 1.54) is 29.5 Å². The Balaban J connectivity index is 1.66. The normalized spacial score (nSPS) is 11.1. The molecule has 0 saturated heterocycles. The molecule has 0 radical (unpaired) electrons. The van der Waals surface area contributed by atoms with Gasteiger partial charge in [0, 0.05) is 30.6 Å². The van der Waals surface area contributed by atoms with E-state index in [1.807, 2.05) is 37.3 Å². The van der Waals surface area contributed by atoms with E-state index in [0.29, 0.717) is 23.8 Å². The fourth-order valence-electron chi connectivity index (χ4n) is 3.17. The molecule has 0 spiro atoms. The topological polar surface area (TPSA) is 98.5 Å². The Labute approximate surface area is 193 Å². The summed E-state index contributed by atoms with van der Waals surface area (Å²) in [6, 6.07) is 15.4. The summed E-state index contributed by atoms with van der Waals surface area (Å²) in [6.45, 7) is 2.79. The van der Waals surface area contributed by atoms with E-state index in [2.05, 4.69) is 9.97 Å². The quantitative estimate of drug-likeness (QED) is 0.202. The summed E-state index contributed by atoms with van der Waals surface area (Å²) in [7, 11) is 0. The van der Waals surface area contributed by atoms with Crippen LogP contribution in [0.25, 0.3) is 16.3 Å². The third-order valence-electron chi connectivity index (χ3n) is 4.75. The van der Waals surface area contributed by atoms with E-state index in [-0.39, 0.29) is 11.6 Å². The van der Waals surface area contributed by atoms with Crippen molar-refractivity contribution in [2.24, 2.45) is 0 Å². The number of non-ortho nitro benzene ring substituents is 1. The molecule has 0 bridgehead atoms. The fraction of sp³-hybridized carbons (Fsp3) is 0.125. The maximum Gasteiger partial charge on any atom is 0.270 e. The van der Waals surface area contributed by atoms with Gasteiger partial charge in [-0.05, 0) is 54.5 Å². The van der Waals surface area contributed by atoms with Crippen LogP contribution in [0.15, 0.2) is 73.1 Å². The van der Waals surface area contributed by atoms with E-state index in [4.69, 9.17) is 4.74 Å². The first kappa shape index (κ1) is 22.1. The first-order chi connectivity index (χ1) is 16.0. The first-order valence-electron chi connectivity index (χ1n) is 10.2. The molecule has 9 heteroatoms. The second-order valence-corrected chi connectivity index (χ2v) is 8.03. The number of rotatable bonds is 8. The SMILES string of the molecule is CCOc1ccc2nc(N(Cc3ccncc3)C(=O)/C=C/c3cccc([N+](=O)[O-])c3)sc2c1. The van der Waals surface area contributed by atoms with Crippen molar-refractivity contribution in [1.29, 1.82) is 0 Å². The van der Waals surface area contributed by atoms with Gasteiger partial charge in [-0.1, -0.05) is 23.5 Å². The van der Waals surface area contributed by atoms with Crippen molar-refractivity contribution < 1.29 is 14.5 Å². The van der Waals surface area contributed by atoms with Crippen LogP contribution < -0.4 is 9.64 Å². The molecular weight excluding hydrogens is 440 g/mol. The number of hydrogen-bond donors (Lipinski definition) is 0. The standard InChI is InChI=1S/C24H20N4O4S/c1-2-32-20-7-8-21-22(15-20)33-24(26-21)27(16-18-10-12-25-13-11-18)23(29)9-6-17-4-3-5-19(14-17)28(30)31/h3-15H,2,16H2,1H3/b9-6+. The van der Waals surface area contributed by atoms with Crippen LogP contribution in [0.2, 0.25) is 0 Å². The van der Waals surface area contributed by atoms with Gasteiger partial charge >= 0.3 is 0 Å². The van der Waals surface area contributed by atoms with Crippen LogP contribution in [-0.4, -0.2) is 27.4 Å². The van der Waals surface area contributed by atoms with Crippen molar-refractivity contribution >= 4 is 44.4 Å². The molecule has 0 saturated carbocycles. The van der Waals surface area contributed by atoms with Crippen LogP contribution in [-0.2, 0) is 11.3 Å². The Morgan fingerprint density at radius 2 is 2.00 bits per heavy atom. The summed E-state index contributed by atoms with van der Waals surface area (Å²) in [5, 5.41) is 11.6. The number of ether oxygens (including phenoxy) is 1. The van der Waals surface area contributed by atoms with Gasteiger partial charge in [-0.3, -0.25) is 24.8 Å². The summed E-state index contributed by atoms with van der Waals surface area (Å²) < 4.78 is 6.48.